The number of carbonyl (C=O) groups excluding carboxylic acids is 1. The minimum Gasteiger partial charge on any atom is -0.393 e. The molecule has 7 heteroatoms. The molecule has 1 saturated heterocycles. The van der Waals surface area contributed by atoms with Gasteiger partial charge in [-0.25, -0.2) is 0 Å². The van der Waals surface area contributed by atoms with E-state index in [1.165, 1.54) is 16.9 Å². The van der Waals surface area contributed by atoms with Gasteiger partial charge in [-0.2, -0.15) is 0 Å². The first-order chi connectivity index (χ1) is 11.6. The van der Waals surface area contributed by atoms with Crippen LogP contribution in [0.15, 0.2) is 24.3 Å². The molecule has 1 aliphatic rings. The van der Waals surface area contributed by atoms with Crippen LogP contribution in [0.3, 0.4) is 0 Å². The number of aryl methyl sites for hydroxylation is 1. The number of hydrogen-bond acceptors (Lipinski definition) is 6. The third kappa shape index (κ3) is 4.37. The molecule has 6 nitrogen and oxygen atoms in total. The van der Waals surface area contributed by atoms with Crippen molar-refractivity contribution in [2.45, 2.75) is 38.8 Å². The molecule has 1 aromatic carbocycles. The lowest BCUT2D eigenvalue weighted by molar-refractivity contribution is 0.0791. The quantitative estimate of drug-likeness (QED) is 0.869. The number of rotatable bonds is 5. The molecule has 2 N–H and O–H groups in total. The molecule has 3 rings (SSSR count). The van der Waals surface area contributed by atoms with Crippen LogP contribution in [0, 0.1) is 0 Å². The van der Waals surface area contributed by atoms with E-state index in [1.807, 2.05) is 24.3 Å². The van der Waals surface area contributed by atoms with Crippen LogP contribution in [0.1, 0.15) is 40.1 Å². The minimum atomic E-state index is -0.225. The third-order valence-electron chi connectivity index (χ3n) is 4.20. The predicted octanol–water partition coefficient (Wildman–Crippen LogP) is 2.31. The SMILES string of the molecule is CCc1ccc(NC(=O)c2nnc(CN3CCC(O)CC3)s2)cc1. The number of benzene rings is 1. The van der Waals surface area contributed by atoms with E-state index in [1.54, 1.807) is 0 Å². The Hall–Kier alpha value is -1.83. The molecular formula is C17H22N4O2S. The van der Waals surface area contributed by atoms with Crippen molar-refractivity contribution >= 4 is 22.9 Å². The molecular weight excluding hydrogens is 324 g/mol. The zero-order chi connectivity index (χ0) is 16.9. The fourth-order valence-corrected chi connectivity index (χ4v) is 3.46. The fraction of sp³-hybridized carbons (Fsp3) is 0.471. The standard InChI is InChI=1S/C17H22N4O2S/c1-2-12-3-5-13(6-4-12)18-16(23)17-20-19-15(24-17)11-21-9-7-14(22)8-10-21/h3-6,14,22H,2,7-11H2,1H3,(H,18,23). The van der Waals surface area contributed by atoms with Crippen molar-refractivity contribution in [2.75, 3.05) is 18.4 Å². The molecule has 2 heterocycles. The lowest BCUT2D eigenvalue weighted by Crippen LogP contribution is -2.35. The van der Waals surface area contributed by atoms with Crippen molar-refractivity contribution in [2.24, 2.45) is 0 Å². The predicted molar refractivity (Wildman–Crippen MR) is 94.2 cm³/mol. The monoisotopic (exact) mass is 346 g/mol. The molecule has 0 bridgehead atoms. The second-order valence-electron chi connectivity index (χ2n) is 6.01. The highest BCUT2D eigenvalue weighted by Crippen LogP contribution is 2.18. The molecule has 0 radical (unpaired) electrons. The van der Waals surface area contributed by atoms with Gasteiger partial charge in [0, 0.05) is 18.8 Å². The van der Waals surface area contributed by atoms with Crippen LogP contribution in [0.2, 0.25) is 0 Å². The number of nitrogens with one attached hydrogen (secondary N) is 1. The molecule has 0 spiro atoms. The first-order valence-electron chi connectivity index (χ1n) is 8.27. The summed E-state index contributed by atoms with van der Waals surface area (Å²) in [6, 6.07) is 7.81. The van der Waals surface area contributed by atoms with E-state index in [4.69, 9.17) is 0 Å². The number of nitrogens with zero attached hydrogens (tertiary/aromatic N) is 3. The van der Waals surface area contributed by atoms with Crippen LogP contribution < -0.4 is 5.32 Å². The average molecular weight is 346 g/mol. The lowest BCUT2D eigenvalue weighted by atomic mass is 10.1. The number of amides is 1. The number of likely N-dealkylation sites (tertiary alicyclic amines) is 1. The van der Waals surface area contributed by atoms with Gasteiger partial charge in [0.25, 0.3) is 5.91 Å². The maximum absolute atomic E-state index is 12.3. The molecule has 1 fully saturated rings. The molecule has 0 saturated carbocycles. The van der Waals surface area contributed by atoms with Crippen molar-refractivity contribution < 1.29 is 9.90 Å². The van der Waals surface area contributed by atoms with Gasteiger partial charge in [-0.3, -0.25) is 9.69 Å². The van der Waals surface area contributed by atoms with Crippen LogP contribution in [-0.2, 0) is 13.0 Å². The van der Waals surface area contributed by atoms with Crippen molar-refractivity contribution in [1.29, 1.82) is 0 Å². The van der Waals surface area contributed by atoms with E-state index in [0.29, 0.717) is 11.6 Å². The number of carbonyl (C=O) groups is 1. The van der Waals surface area contributed by atoms with Crippen LogP contribution in [0.25, 0.3) is 0 Å². The van der Waals surface area contributed by atoms with Crippen LogP contribution in [0.5, 0.6) is 0 Å². The molecule has 128 valence electrons. The molecule has 1 aliphatic heterocycles. The Morgan fingerprint density at radius 3 is 2.67 bits per heavy atom. The van der Waals surface area contributed by atoms with Gasteiger partial charge in [0.2, 0.25) is 5.01 Å². The second kappa shape index (κ2) is 7.83. The number of aliphatic hydroxyl groups excluding tert-OH is 1. The summed E-state index contributed by atoms with van der Waals surface area (Å²) in [6.07, 6.45) is 2.37. The van der Waals surface area contributed by atoms with Crippen molar-refractivity contribution in [3.8, 4) is 0 Å². The van der Waals surface area contributed by atoms with Crippen molar-refractivity contribution in [3.05, 3.63) is 39.8 Å². The normalized spacial score (nSPS) is 16.2. The number of hydrogen-bond donors (Lipinski definition) is 2. The minimum absolute atomic E-state index is 0.184. The number of anilines is 1. The second-order valence-corrected chi connectivity index (χ2v) is 7.07. The topological polar surface area (TPSA) is 78.4 Å². The first-order valence-corrected chi connectivity index (χ1v) is 9.09. The van der Waals surface area contributed by atoms with Gasteiger partial charge in [-0.15, -0.1) is 10.2 Å². The summed E-state index contributed by atoms with van der Waals surface area (Å²) in [5, 5.41) is 21.7. The van der Waals surface area contributed by atoms with Crippen LogP contribution >= 0.6 is 11.3 Å². The number of aliphatic hydroxyl groups is 1. The van der Waals surface area contributed by atoms with E-state index < -0.39 is 0 Å². The molecule has 2 aromatic rings. The summed E-state index contributed by atoms with van der Waals surface area (Å²) in [6.45, 7) is 4.49. The molecule has 0 unspecified atom stereocenters. The van der Waals surface area contributed by atoms with Crippen LogP contribution in [0.4, 0.5) is 5.69 Å². The molecule has 0 aliphatic carbocycles. The summed E-state index contributed by atoms with van der Waals surface area (Å²) < 4.78 is 0. The summed E-state index contributed by atoms with van der Waals surface area (Å²) in [7, 11) is 0. The Labute approximate surface area is 145 Å². The number of aromatic nitrogens is 2. The third-order valence-corrected chi connectivity index (χ3v) is 5.10. The van der Waals surface area contributed by atoms with Gasteiger partial charge in [0.05, 0.1) is 12.6 Å². The zero-order valence-electron chi connectivity index (χ0n) is 13.7. The summed E-state index contributed by atoms with van der Waals surface area (Å²) in [4.78, 5) is 14.5. The highest BCUT2D eigenvalue weighted by molar-refractivity contribution is 7.13. The molecule has 1 amide bonds. The Kier molecular flexibility index (Phi) is 5.55. The molecule has 0 atom stereocenters. The van der Waals surface area contributed by atoms with Crippen LogP contribution in [-0.4, -0.2) is 45.3 Å². The summed E-state index contributed by atoms with van der Waals surface area (Å²) >= 11 is 1.32. The Bertz CT molecular complexity index is 678. The Balaban J connectivity index is 1.56. The van der Waals surface area contributed by atoms with Gasteiger partial charge in [0.15, 0.2) is 0 Å². The average Bonchev–Trinajstić information content (AvgIpc) is 3.06. The summed E-state index contributed by atoms with van der Waals surface area (Å²) in [5.74, 6) is -0.225. The lowest BCUT2D eigenvalue weighted by Gasteiger charge is -2.28. The van der Waals surface area contributed by atoms with E-state index in [2.05, 4.69) is 27.3 Å². The van der Waals surface area contributed by atoms with Crippen molar-refractivity contribution in [3.63, 3.8) is 0 Å². The van der Waals surface area contributed by atoms with Gasteiger partial charge in [-0.1, -0.05) is 30.4 Å². The Morgan fingerprint density at radius 1 is 1.29 bits per heavy atom. The fourth-order valence-electron chi connectivity index (χ4n) is 2.69. The van der Waals surface area contributed by atoms with Gasteiger partial charge in [0.1, 0.15) is 5.01 Å². The van der Waals surface area contributed by atoms with E-state index >= 15 is 0 Å². The zero-order valence-corrected chi connectivity index (χ0v) is 14.6. The highest BCUT2D eigenvalue weighted by Gasteiger charge is 2.19. The maximum Gasteiger partial charge on any atom is 0.286 e. The van der Waals surface area contributed by atoms with Crippen molar-refractivity contribution in [1.82, 2.24) is 15.1 Å². The van der Waals surface area contributed by atoms with E-state index in [0.717, 1.165) is 43.0 Å². The first kappa shape index (κ1) is 17.0. The van der Waals surface area contributed by atoms with E-state index in [-0.39, 0.29) is 12.0 Å². The smallest absolute Gasteiger partial charge is 0.286 e. The van der Waals surface area contributed by atoms with Gasteiger partial charge >= 0.3 is 0 Å². The summed E-state index contributed by atoms with van der Waals surface area (Å²) in [5.41, 5.74) is 2.00. The van der Waals surface area contributed by atoms with Gasteiger partial charge < -0.3 is 10.4 Å². The largest absolute Gasteiger partial charge is 0.393 e. The maximum atomic E-state index is 12.3. The number of piperidine rings is 1. The molecule has 24 heavy (non-hydrogen) atoms. The van der Waals surface area contributed by atoms with E-state index in [9.17, 15) is 9.90 Å². The van der Waals surface area contributed by atoms with Gasteiger partial charge in [-0.05, 0) is 37.0 Å². The molecule has 1 aromatic heterocycles. The Morgan fingerprint density at radius 2 is 2.00 bits per heavy atom. The highest BCUT2D eigenvalue weighted by atomic mass is 32.1.